The summed E-state index contributed by atoms with van der Waals surface area (Å²) < 4.78 is 29.2. The first kappa shape index (κ1) is 22.2. The summed E-state index contributed by atoms with van der Waals surface area (Å²) in [5.41, 5.74) is 2.41. The lowest BCUT2D eigenvalue weighted by Crippen LogP contribution is -2.58. The Bertz CT molecular complexity index is 969. The van der Waals surface area contributed by atoms with Gasteiger partial charge < -0.3 is 19.5 Å². The summed E-state index contributed by atoms with van der Waals surface area (Å²) in [6.45, 7) is 0.0854. The molecule has 3 rings (SSSR count). The highest BCUT2D eigenvalue weighted by Crippen LogP contribution is 2.27. The van der Waals surface area contributed by atoms with Crippen LogP contribution in [-0.4, -0.2) is 38.4 Å². The van der Waals surface area contributed by atoms with Crippen LogP contribution in [0.2, 0.25) is 0 Å². The van der Waals surface area contributed by atoms with Crippen molar-refractivity contribution in [2.24, 2.45) is 0 Å². The van der Waals surface area contributed by atoms with Crippen LogP contribution in [0.15, 0.2) is 72.4 Å². The number of carbonyl (C=O) groups excluding carboxylic acids is 2. The molecule has 1 aliphatic rings. The van der Waals surface area contributed by atoms with Gasteiger partial charge >= 0.3 is 6.09 Å². The van der Waals surface area contributed by atoms with Crippen LogP contribution < -0.4 is 10.6 Å². The average molecular weight is 426 g/mol. The second-order valence-electron chi connectivity index (χ2n) is 6.72. The lowest BCUT2D eigenvalue weighted by atomic mass is 9.98. The molecule has 8 heteroatoms. The van der Waals surface area contributed by atoms with Crippen molar-refractivity contribution in [3.8, 4) is 0 Å². The number of methoxy groups -OCH3 is 2. The molecule has 1 atom stereocenters. The van der Waals surface area contributed by atoms with Crippen molar-refractivity contribution < 1.29 is 28.2 Å². The Labute approximate surface area is 179 Å². The number of allylic oxidation sites excluding steroid dienone is 2. The van der Waals surface area contributed by atoms with Gasteiger partial charge in [0.1, 0.15) is 18.5 Å². The predicted octanol–water partition coefficient (Wildman–Crippen LogP) is 3.14. The molecule has 1 heterocycles. The van der Waals surface area contributed by atoms with E-state index in [1.54, 1.807) is 24.3 Å². The molecule has 7 nitrogen and oxygen atoms in total. The third kappa shape index (κ3) is 5.17. The van der Waals surface area contributed by atoms with Gasteiger partial charge in [0.05, 0.1) is 0 Å². The van der Waals surface area contributed by atoms with Crippen LogP contribution in [0.4, 0.5) is 9.18 Å². The maximum absolute atomic E-state index is 13.3. The number of ether oxygens (including phenoxy) is 3. The number of aldehydes is 1. The highest BCUT2D eigenvalue weighted by Gasteiger charge is 2.44. The van der Waals surface area contributed by atoms with Crippen molar-refractivity contribution in [2.75, 3.05) is 14.2 Å². The molecular weight excluding hydrogens is 403 g/mol. The SMILES string of the molecule is COC(C=O)(OC)C1NC(c2ccc(F)cc2)=CC=C1NC(=O)OCc1ccccc1. The lowest BCUT2D eigenvalue weighted by molar-refractivity contribution is -0.203. The fourth-order valence-electron chi connectivity index (χ4n) is 3.15. The number of nitrogens with one attached hydrogen (secondary N) is 2. The van der Waals surface area contributed by atoms with E-state index in [9.17, 15) is 14.0 Å². The summed E-state index contributed by atoms with van der Waals surface area (Å²) in [4.78, 5) is 24.3. The van der Waals surface area contributed by atoms with Gasteiger partial charge in [-0.1, -0.05) is 42.5 Å². The molecular formula is C23H23FN2O5. The molecule has 0 saturated carbocycles. The van der Waals surface area contributed by atoms with E-state index in [1.807, 2.05) is 30.3 Å². The monoisotopic (exact) mass is 426 g/mol. The zero-order valence-corrected chi connectivity index (χ0v) is 17.1. The molecule has 2 aromatic carbocycles. The molecule has 1 aliphatic heterocycles. The van der Waals surface area contributed by atoms with Gasteiger partial charge in [0, 0.05) is 25.6 Å². The number of alkyl carbamates (subject to hydrolysis) is 1. The standard InChI is InChI=1S/C23H23FN2O5/c1-29-23(15-27,30-2)21-20(26-22(28)31-14-16-6-4-3-5-7-16)13-12-19(25-21)17-8-10-18(24)11-9-17/h3-13,15,21,25H,14H2,1-2H3,(H,26,28). The summed E-state index contributed by atoms with van der Waals surface area (Å²) in [5.74, 6) is -2.09. The van der Waals surface area contributed by atoms with Gasteiger partial charge in [0.15, 0.2) is 6.29 Å². The number of halogens is 1. The Morgan fingerprint density at radius 3 is 2.39 bits per heavy atom. The third-order valence-electron chi connectivity index (χ3n) is 4.86. The normalized spacial score (nSPS) is 15.9. The highest BCUT2D eigenvalue weighted by atomic mass is 19.1. The minimum Gasteiger partial charge on any atom is -0.444 e. The second kappa shape index (κ2) is 10.0. The molecule has 162 valence electrons. The molecule has 2 aromatic rings. The van der Waals surface area contributed by atoms with Crippen LogP contribution in [0.25, 0.3) is 5.70 Å². The first-order valence-electron chi connectivity index (χ1n) is 9.50. The van der Waals surface area contributed by atoms with Crippen molar-refractivity contribution in [3.05, 3.63) is 89.4 Å². The Balaban J connectivity index is 1.83. The zero-order chi connectivity index (χ0) is 22.3. The maximum Gasteiger partial charge on any atom is 0.411 e. The fraction of sp³-hybridized carbons (Fsp3) is 0.217. The Morgan fingerprint density at radius 2 is 1.77 bits per heavy atom. The van der Waals surface area contributed by atoms with Crippen LogP contribution in [0, 0.1) is 5.82 Å². The van der Waals surface area contributed by atoms with Gasteiger partial charge in [-0.05, 0) is 35.4 Å². The van der Waals surface area contributed by atoms with E-state index in [1.165, 1.54) is 26.4 Å². The zero-order valence-electron chi connectivity index (χ0n) is 17.1. The smallest absolute Gasteiger partial charge is 0.411 e. The average Bonchev–Trinajstić information content (AvgIpc) is 2.81. The molecule has 0 spiro atoms. The van der Waals surface area contributed by atoms with Gasteiger partial charge in [0.25, 0.3) is 5.79 Å². The molecule has 0 fully saturated rings. The fourth-order valence-corrected chi connectivity index (χ4v) is 3.15. The van der Waals surface area contributed by atoms with Crippen molar-refractivity contribution >= 4 is 18.1 Å². The molecule has 1 unspecified atom stereocenters. The van der Waals surface area contributed by atoms with Crippen LogP contribution in [-0.2, 0) is 25.6 Å². The molecule has 0 radical (unpaired) electrons. The minimum atomic E-state index is -1.72. The number of amides is 1. The van der Waals surface area contributed by atoms with E-state index in [4.69, 9.17) is 14.2 Å². The molecule has 0 saturated heterocycles. The van der Waals surface area contributed by atoms with Gasteiger partial charge in [-0.2, -0.15) is 0 Å². The summed E-state index contributed by atoms with van der Waals surface area (Å²) in [6.07, 6.45) is 3.10. The van der Waals surface area contributed by atoms with Gasteiger partial charge in [-0.3, -0.25) is 10.1 Å². The summed E-state index contributed by atoms with van der Waals surface area (Å²) in [7, 11) is 2.64. The van der Waals surface area contributed by atoms with Gasteiger partial charge in [0.2, 0.25) is 0 Å². The molecule has 0 aliphatic carbocycles. The number of dihydropyridines is 1. The lowest BCUT2D eigenvalue weighted by Gasteiger charge is -2.38. The summed E-state index contributed by atoms with van der Waals surface area (Å²) in [5, 5.41) is 5.77. The third-order valence-corrected chi connectivity index (χ3v) is 4.86. The highest BCUT2D eigenvalue weighted by molar-refractivity contribution is 5.75. The van der Waals surface area contributed by atoms with Gasteiger partial charge in [-0.15, -0.1) is 0 Å². The number of rotatable bonds is 8. The maximum atomic E-state index is 13.3. The molecule has 1 amide bonds. The van der Waals surface area contributed by atoms with Crippen LogP contribution in [0.1, 0.15) is 11.1 Å². The van der Waals surface area contributed by atoms with Crippen LogP contribution in [0.3, 0.4) is 0 Å². The van der Waals surface area contributed by atoms with Crippen LogP contribution >= 0.6 is 0 Å². The van der Waals surface area contributed by atoms with Crippen molar-refractivity contribution in [2.45, 2.75) is 18.4 Å². The minimum absolute atomic E-state index is 0.0854. The number of hydrogen-bond donors (Lipinski definition) is 2. The first-order valence-corrected chi connectivity index (χ1v) is 9.50. The molecule has 2 N–H and O–H groups in total. The molecule has 31 heavy (non-hydrogen) atoms. The van der Waals surface area contributed by atoms with E-state index in [0.29, 0.717) is 23.2 Å². The van der Waals surface area contributed by atoms with E-state index in [2.05, 4.69) is 10.6 Å². The van der Waals surface area contributed by atoms with E-state index in [-0.39, 0.29) is 12.4 Å². The van der Waals surface area contributed by atoms with Crippen molar-refractivity contribution in [3.63, 3.8) is 0 Å². The molecule has 0 bridgehead atoms. The van der Waals surface area contributed by atoms with Crippen LogP contribution in [0.5, 0.6) is 0 Å². The Kier molecular flexibility index (Phi) is 7.17. The Hall–Kier alpha value is -3.49. The van der Waals surface area contributed by atoms with E-state index in [0.717, 1.165) is 5.56 Å². The topological polar surface area (TPSA) is 85.9 Å². The largest absolute Gasteiger partial charge is 0.444 e. The van der Waals surface area contributed by atoms with Crippen molar-refractivity contribution in [1.29, 1.82) is 0 Å². The number of hydrogen-bond acceptors (Lipinski definition) is 6. The number of carbonyl (C=O) groups is 2. The summed E-state index contributed by atoms with van der Waals surface area (Å²) >= 11 is 0. The first-order chi connectivity index (χ1) is 15.0. The number of benzene rings is 2. The quantitative estimate of drug-likeness (QED) is 0.498. The molecule has 0 aromatic heterocycles. The Morgan fingerprint density at radius 1 is 1.10 bits per heavy atom. The second-order valence-corrected chi connectivity index (χ2v) is 6.72. The van der Waals surface area contributed by atoms with E-state index < -0.39 is 17.9 Å². The van der Waals surface area contributed by atoms with E-state index >= 15 is 0 Å². The summed E-state index contributed by atoms with van der Waals surface area (Å²) in [6, 6.07) is 14.2. The van der Waals surface area contributed by atoms with Gasteiger partial charge in [-0.25, -0.2) is 9.18 Å². The van der Waals surface area contributed by atoms with Crippen molar-refractivity contribution in [1.82, 2.24) is 10.6 Å². The predicted molar refractivity (Wildman–Crippen MR) is 112 cm³/mol.